The van der Waals surface area contributed by atoms with Crippen LogP contribution in [0.25, 0.3) is 0 Å². The van der Waals surface area contributed by atoms with Crippen molar-refractivity contribution in [1.82, 2.24) is 0 Å². The van der Waals surface area contributed by atoms with Crippen molar-refractivity contribution < 1.29 is 0 Å². The SMILES string of the molecule is C/C=C1\C(=C/CC)C2(c3ccccc3Nc3ccccc32)c2ccccc2N1c1ccccc1. The average molecular weight is 441 g/mol. The highest BCUT2D eigenvalue weighted by atomic mass is 15.2. The molecule has 166 valence electrons. The van der Waals surface area contributed by atoms with Crippen molar-refractivity contribution in [3.05, 3.63) is 143 Å². The van der Waals surface area contributed by atoms with Crippen molar-refractivity contribution >= 4 is 22.7 Å². The number of hydrogen-bond acceptors (Lipinski definition) is 2. The number of benzene rings is 4. The second kappa shape index (κ2) is 8.07. The van der Waals surface area contributed by atoms with Gasteiger partial charge in [0, 0.05) is 22.8 Å². The molecule has 0 radical (unpaired) electrons. The van der Waals surface area contributed by atoms with E-state index >= 15 is 0 Å². The molecular weight excluding hydrogens is 412 g/mol. The van der Waals surface area contributed by atoms with Gasteiger partial charge in [0.05, 0.1) is 11.1 Å². The van der Waals surface area contributed by atoms with Gasteiger partial charge in [-0.1, -0.05) is 91.9 Å². The van der Waals surface area contributed by atoms with Crippen LogP contribution in [0, 0.1) is 0 Å². The standard InChI is InChI=1S/C32H28N2/c1-3-14-26-30(4-2)34(23-15-6-5-7-16-23)31-22-13-10-19-27(31)32(26)24-17-8-11-20-28(24)33-29-21-12-9-18-25(29)32/h4-22,33H,3H2,1-2H3/b26-14+,30-4+. The van der Waals surface area contributed by atoms with E-state index in [9.17, 15) is 0 Å². The second-order valence-corrected chi connectivity index (χ2v) is 8.85. The van der Waals surface area contributed by atoms with Crippen LogP contribution in [0.15, 0.2) is 127 Å². The minimum atomic E-state index is -0.405. The summed E-state index contributed by atoms with van der Waals surface area (Å²) in [5, 5.41) is 3.72. The number of nitrogens with one attached hydrogen (secondary N) is 1. The molecule has 34 heavy (non-hydrogen) atoms. The maximum absolute atomic E-state index is 3.72. The van der Waals surface area contributed by atoms with E-state index in [1.165, 1.54) is 50.7 Å². The van der Waals surface area contributed by atoms with Crippen LogP contribution in [0.4, 0.5) is 22.7 Å². The smallest absolute Gasteiger partial charge is 0.0779 e. The van der Waals surface area contributed by atoms with Crippen LogP contribution in [-0.4, -0.2) is 0 Å². The molecule has 2 nitrogen and oxygen atoms in total. The molecule has 4 aromatic rings. The van der Waals surface area contributed by atoms with E-state index in [0.717, 1.165) is 6.42 Å². The molecule has 0 saturated carbocycles. The molecular formula is C32H28N2. The Kier molecular flexibility index (Phi) is 4.88. The minimum Gasteiger partial charge on any atom is -0.355 e. The van der Waals surface area contributed by atoms with E-state index in [4.69, 9.17) is 0 Å². The van der Waals surface area contributed by atoms with Crippen LogP contribution in [0.3, 0.4) is 0 Å². The highest BCUT2D eigenvalue weighted by Gasteiger charge is 2.51. The maximum atomic E-state index is 3.72. The Balaban J connectivity index is 1.80. The van der Waals surface area contributed by atoms with E-state index < -0.39 is 5.41 Å². The van der Waals surface area contributed by atoms with E-state index in [0.29, 0.717) is 0 Å². The van der Waals surface area contributed by atoms with Gasteiger partial charge in [-0.15, -0.1) is 0 Å². The van der Waals surface area contributed by atoms with Crippen LogP contribution in [0.5, 0.6) is 0 Å². The lowest BCUT2D eigenvalue weighted by Gasteiger charge is -2.51. The highest BCUT2D eigenvalue weighted by Crippen LogP contribution is 2.61. The van der Waals surface area contributed by atoms with Crippen molar-refractivity contribution in [3.8, 4) is 0 Å². The lowest BCUT2D eigenvalue weighted by molar-refractivity contribution is 0.698. The summed E-state index contributed by atoms with van der Waals surface area (Å²) < 4.78 is 0. The van der Waals surface area contributed by atoms with E-state index in [-0.39, 0.29) is 0 Å². The fourth-order valence-electron chi connectivity index (χ4n) is 5.88. The van der Waals surface area contributed by atoms with Crippen LogP contribution in [0.2, 0.25) is 0 Å². The van der Waals surface area contributed by atoms with Crippen LogP contribution in [-0.2, 0) is 5.41 Å². The summed E-state index contributed by atoms with van der Waals surface area (Å²) in [5.41, 5.74) is 10.8. The maximum Gasteiger partial charge on any atom is 0.0779 e. The first-order chi connectivity index (χ1) is 16.8. The van der Waals surface area contributed by atoms with Crippen LogP contribution < -0.4 is 10.2 Å². The molecule has 4 aromatic carbocycles. The number of para-hydroxylation sites is 4. The summed E-state index contributed by atoms with van der Waals surface area (Å²) in [6.07, 6.45) is 5.66. The lowest BCUT2D eigenvalue weighted by atomic mass is 9.59. The zero-order chi connectivity index (χ0) is 23.1. The van der Waals surface area contributed by atoms with Gasteiger partial charge in [0.1, 0.15) is 0 Å². The third kappa shape index (κ3) is 2.75. The Morgan fingerprint density at radius 1 is 0.706 bits per heavy atom. The molecule has 0 unspecified atom stereocenters. The summed E-state index contributed by atoms with van der Waals surface area (Å²) in [4.78, 5) is 2.43. The number of hydrogen-bond donors (Lipinski definition) is 1. The van der Waals surface area contributed by atoms with Gasteiger partial charge >= 0.3 is 0 Å². The number of nitrogens with zero attached hydrogens (tertiary/aromatic N) is 1. The van der Waals surface area contributed by atoms with E-state index in [2.05, 4.69) is 139 Å². The summed E-state index contributed by atoms with van der Waals surface area (Å²) in [7, 11) is 0. The van der Waals surface area contributed by atoms with Crippen molar-refractivity contribution in [3.63, 3.8) is 0 Å². The van der Waals surface area contributed by atoms with Crippen molar-refractivity contribution in [2.75, 3.05) is 10.2 Å². The Labute approximate surface area is 201 Å². The monoisotopic (exact) mass is 440 g/mol. The molecule has 0 saturated heterocycles. The van der Waals surface area contributed by atoms with Gasteiger partial charge in [-0.05, 0) is 65.9 Å². The van der Waals surface area contributed by atoms with Gasteiger partial charge in [0.2, 0.25) is 0 Å². The minimum absolute atomic E-state index is 0.405. The Morgan fingerprint density at radius 2 is 1.26 bits per heavy atom. The molecule has 1 spiro atoms. The summed E-state index contributed by atoms with van der Waals surface area (Å²) in [5.74, 6) is 0. The fourth-order valence-corrected chi connectivity index (χ4v) is 5.88. The van der Waals surface area contributed by atoms with Gasteiger partial charge in [-0.2, -0.15) is 0 Å². The number of fused-ring (bicyclic) bond motifs is 6. The Hall–Kier alpha value is -4.04. The predicted octanol–water partition coefficient (Wildman–Crippen LogP) is 8.47. The molecule has 2 aliphatic heterocycles. The summed E-state index contributed by atoms with van der Waals surface area (Å²) in [6.45, 7) is 4.40. The first kappa shape index (κ1) is 20.6. The molecule has 0 bridgehead atoms. The lowest BCUT2D eigenvalue weighted by Crippen LogP contribution is -2.43. The molecule has 0 atom stereocenters. The third-order valence-corrected chi connectivity index (χ3v) is 7.10. The van der Waals surface area contributed by atoms with Crippen molar-refractivity contribution in [1.29, 1.82) is 0 Å². The number of rotatable bonds is 2. The topological polar surface area (TPSA) is 15.3 Å². The van der Waals surface area contributed by atoms with Crippen molar-refractivity contribution in [2.24, 2.45) is 0 Å². The number of anilines is 4. The Bertz CT molecular complexity index is 1380. The highest BCUT2D eigenvalue weighted by molar-refractivity contribution is 5.90. The molecule has 0 aliphatic carbocycles. The molecule has 6 rings (SSSR count). The van der Waals surface area contributed by atoms with Crippen LogP contribution >= 0.6 is 0 Å². The second-order valence-electron chi connectivity index (χ2n) is 8.85. The van der Waals surface area contributed by atoms with Gasteiger partial charge in [-0.25, -0.2) is 0 Å². The van der Waals surface area contributed by atoms with Gasteiger partial charge in [0.15, 0.2) is 0 Å². The molecule has 2 heteroatoms. The average Bonchev–Trinajstić information content (AvgIpc) is 2.90. The molecule has 0 amide bonds. The Morgan fingerprint density at radius 3 is 1.88 bits per heavy atom. The quantitative estimate of drug-likeness (QED) is 0.336. The summed E-state index contributed by atoms with van der Waals surface area (Å²) in [6, 6.07) is 37.2. The molecule has 0 aromatic heterocycles. The van der Waals surface area contributed by atoms with Crippen LogP contribution in [0.1, 0.15) is 37.0 Å². The normalized spacial score (nSPS) is 17.8. The summed E-state index contributed by atoms with van der Waals surface area (Å²) >= 11 is 0. The molecule has 0 fully saturated rings. The van der Waals surface area contributed by atoms with E-state index in [1.54, 1.807) is 0 Å². The first-order valence-corrected chi connectivity index (χ1v) is 12.1. The largest absolute Gasteiger partial charge is 0.355 e. The zero-order valence-corrected chi connectivity index (χ0v) is 19.6. The van der Waals surface area contributed by atoms with Gasteiger partial charge < -0.3 is 10.2 Å². The number of allylic oxidation sites excluding steroid dienone is 3. The third-order valence-electron chi connectivity index (χ3n) is 7.10. The fraction of sp³-hybridized carbons (Fsp3) is 0.125. The predicted molar refractivity (Wildman–Crippen MR) is 143 cm³/mol. The van der Waals surface area contributed by atoms with Gasteiger partial charge in [0.25, 0.3) is 0 Å². The van der Waals surface area contributed by atoms with E-state index in [1.807, 2.05) is 0 Å². The molecule has 1 N–H and O–H groups in total. The molecule has 2 heterocycles. The molecule has 2 aliphatic rings. The zero-order valence-electron chi connectivity index (χ0n) is 19.6. The first-order valence-electron chi connectivity index (χ1n) is 12.1. The van der Waals surface area contributed by atoms with Crippen molar-refractivity contribution in [2.45, 2.75) is 25.7 Å². The van der Waals surface area contributed by atoms with Gasteiger partial charge in [-0.3, -0.25) is 0 Å².